The minimum absolute atomic E-state index is 0.0161. The molecular weight excluding hydrogens is 371 g/mol. The Labute approximate surface area is 169 Å². The van der Waals surface area contributed by atoms with E-state index in [9.17, 15) is 9.18 Å². The lowest BCUT2D eigenvalue weighted by atomic mass is 9.77. The van der Waals surface area contributed by atoms with Crippen molar-refractivity contribution in [3.63, 3.8) is 0 Å². The minimum Gasteiger partial charge on any atom is -0.376 e. The first-order valence-electron chi connectivity index (χ1n) is 10.6. The first-order chi connectivity index (χ1) is 14.2. The molecule has 7 heteroatoms. The molecule has 2 heterocycles. The Morgan fingerprint density at radius 3 is 2.86 bits per heavy atom. The van der Waals surface area contributed by atoms with Gasteiger partial charge in [0.15, 0.2) is 0 Å². The van der Waals surface area contributed by atoms with Gasteiger partial charge in [-0.15, -0.1) is 0 Å². The maximum absolute atomic E-state index is 13.6. The number of H-pyrrole nitrogens is 1. The third kappa shape index (κ3) is 4.07. The predicted molar refractivity (Wildman–Crippen MR) is 107 cm³/mol. The van der Waals surface area contributed by atoms with Crippen LogP contribution in [0.2, 0.25) is 0 Å². The van der Waals surface area contributed by atoms with Gasteiger partial charge in [0.05, 0.1) is 29.6 Å². The van der Waals surface area contributed by atoms with Gasteiger partial charge >= 0.3 is 0 Å². The van der Waals surface area contributed by atoms with Crippen molar-refractivity contribution in [1.29, 1.82) is 0 Å². The highest BCUT2D eigenvalue weighted by Gasteiger charge is 2.41. The summed E-state index contributed by atoms with van der Waals surface area (Å²) in [6.07, 6.45) is 5.97. The number of aromatic amines is 1. The molecular formula is C22H27FN4O2. The number of nitrogens with one attached hydrogen (secondary N) is 3. The number of fused-ring (bicyclic) bond motifs is 1. The Bertz CT molecular complexity index is 881. The van der Waals surface area contributed by atoms with Crippen LogP contribution in [0.3, 0.4) is 0 Å². The van der Waals surface area contributed by atoms with Crippen LogP contribution in [-0.4, -0.2) is 47.9 Å². The number of carbonyl (C=O) groups is 1. The molecule has 154 valence electrons. The van der Waals surface area contributed by atoms with Gasteiger partial charge < -0.3 is 15.4 Å². The second-order valence-corrected chi connectivity index (χ2v) is 8.71. The molecule has 6 nitrogen and oxygen atoms in total. The fraction of sp³-hybridized carbons (Fsp3) is 0.545. The van der Waals surface area contributed by atoms with Gasteiger partial charge in [0.1, 0.15) is 5.82 Å². The standard InChI is InChI=1S/C22H27FN4O2/c23-17-3-1-2-14(6-17)21-18(11-25-27-21)22(28)26-19-7-15-9-24-10-16(15)8-20(19)29-12-13-4-5-13/h1-3,6,11,13,15-16,19-20,24H,4-5,7-10,12H2,(H,25,27)(H,26,28)/t15-,16+,19-,20-/m0/s1. The number of amides is 1. The number of aromatic nitrogens is 2. The molecule has 1 aromatic heterocycles. The van der Waals surface area contributed by atoms with Crippen LogP contribution in [-0.2, 0) is 4.74 Å². The van der Waals surface area contributed by atoms with E-state index in [1.807, 2.05) is 0 Å². The molecule has 0 radical (unpaired) electrons. The molecule has 4 atom stereocenters. The molecule has 3 fully saturated rings. The highest BCUT2D eigenvalue weighted by atomic mass is 19.1. The van der Waals surface area contributed by atoms with Gasteiger partial charge in [0.2, 0.25) is 0 Å². The first kappa shape index (κ1) is 18.8. The van der Waals surface area contributed by atoms with Crippen LogP contribution in [0.1, 0.15) is 36.0 Å². The Hall–Kier alpha value is -2.25. The van der Waals surface area contributed by atoms with Crippen LogP contribution in [0.15, 0.2) is 30.5 Å². The zero-order valence-electron chi connectivity index (χ0n) is 16.4. The fourth-order valence-electron chi connectivity index (χ4n) is 4.73. The Balaban J connectivity index is 1.32. The average molecular weight is 398 g/mol. The maximum atomic E-state index is 13.6. The van der Waals surface area contributed by atoms with E-state index < -0.39 is 0 Å². The van der Waals surface area contributed by atoms with Gasteiger partial charge in [-0.1, -0.05) is 12.1 Å². The van der Waals surface area contributed by atoms with Crippen molar-refractivity contribution in [1.82, 2.24) is 20.8 Å². The number of nitrogens with zero attached hydrogens (tertiary/aromatic N) is 1. The van der Waals surface area contributed by atoms with E-state index in [1.165, 1.54) is 31.2 Å². The van der Waals surface area contributed by atoms with Crippen molar-refractivity contribution in [2.24, 2.45) is 17.8 Å². The topological polar surface area (TPSA) is 79.0 Å². The molecule has 3 aliphatic rings. The van der Waals surface area contributed by atoms with Crippen molar-refractivity contribution >= 4 is 5.91 Å². The molecule has 0 spiro atoms. The number of benzene rings is 1. The molecule has 2 aromatic rings. The fourth-order valence-corrected chi connectivity index (χ4v) is 4.73. The molecule has 0 bridgehead atoms. The third-order valence-electron chi connectivity index (χ3n) is 6.58. The zero-order chi connectivity index (χ0) is 19.8. The van der Waals surface area contributed by atoms with E-state index in [0.717, 1.165) is 32.5 Å². The molecule has 2 saturated carbocycles. The van der Waals surface area contributed by atoms with Gasteiger partial charge in [0, 0.05) is 12.2 Å². The van der Waals surface area contributed by atoms with Gasteiger partial charge in [-0.05, 0) is 68.7 Å². The molecule has 1 saturated heterocycles. The lowest BCUT2D eigenvalue weighted by Crippen LogP contribution is -2.50. The summed E-state index contributed by atoms with van der Waals surface area (Å²) in [6, 6.07) is 6.17. The lowest BCUT2D eigenvalue weighted by Gasteiger charge is -2.38. The molecule has 29 heavy (non-hydrogen) atoms. The normalized spacial score (nSPS) is 28.9. The van der Waals surface area contributed by atoms with E-state index in [0.29, 0.717) is 34.6 Å². The molecule has 3 N–H and O–H groups in total. The van der Waals surface area contributed by atoms with E-state index >= 15 is 0 Å². The highest BCUT2D eigenvalue weighted by molar-refractivity contribution is 5.99. The van der Waals surface area contributed by atoms with Crippen LogP contribution in [0.4, 0.5) is 4.39 Å². The van der Waals surface area contributed by atoms with E-state index in [4.69, 9.17) is 4.74 Å². The predicted octanol–water partition coefficient (Wildman–Crippen LogP) is 2.74. The molecule has 0 unspecified atom stereocenters. The van der Waals surface area contributed by atoms with Crippen molar-refractivity contribution in [2.45, 2.75) is 37.8 Å². The van der Waals surface area contributed by atoms with Gasteiger partial charge in [-0.2, -0.15) is 5.10 Å². The molecule has 5 rings (SSSR count). The molecule has 1 aliphatic heterocycles. The molecule has 1 amide bonds. The smallest absolute Gasteiger partial charge is 0.255 e. The number of hydrogen-bond donors (Lipinski definition) is 3. The van der Waals surface area contributed by atoms with Crippen LogP contribution in [0.25, 0.3) is 11.3 Å². The van der Waals surface area contributed by atoms with Crippen molar-refractivity contribution in [3.05, 3.63) is 41.8 Å². The van der Waals surface area contributed by atoms with Crippen molar-refractivity contribution < 1.29 is 13.9 Å². The van der Waals surface area contributed by atoms with E-state index in [-0.39, 0.29) is 23.9 Å². The Kier molecular flexibility index (Phi) is 5.09. The van der Waals surface area contributed by atoms with Crippen LogP contribution < -0.4 is 10.6 Å². The molecule has 1 aromatic carbocycles. The van der Waals surface area contributed by atoms with E-state index in [1.54, 1.807) is 12.1 Å². The van der Waals surface area contributed by atoms with Gasteiger partial charge in [0.25, 0.3) is 5.91 Å². The Morgan fingerprint density at radius 2 is 2.07 bits per heavy atom. The summed E-state index contributed by atoms with van der Waals surface area (Å²) in [5.41, 5.74) is 1.58. The van der Waals surface area contributed by atoms with Crippen molar-refractivity contribution in [2.75, 3.05) is 19.7 Å². The number of halogens is 1. The summed E-state index contributed by atoms with van der Waals surface area (Å²) >= 11 is 0. The third-order valence-corrected chi connectivity index (χ3v) is 6.58. The summed E-state index contributed by atoms with van der Waals surface area (Å²) in [6.45, 7) is 2.84. The first-order valence-corrected chi connectivity index (χ1v) is 10.6. The second kappa shape index (κ2) is 7.88. The summed E-state index contributed by atoms with van der Waals surface area (Å²) in [5, 5.41) is 13.6. The number of hydrogen-bond acceptors (Lipinski definition) is 4. The Morgan fingerprint density at radius 1 is 1.24 bits per heavy atom. The van der Waals surface area contributed by atoms with Gasteiger partial charge in [-0.3, -0.25) is 9.89 Å². The summed E-state index contributed by atoms with van der Waals surface area (Å²) in [7, 11) is 0. The SMILES string of the molecule is O=C(N[C@H]1C[C@H]2CNC[C@H]2C[C@@H]1OCC1CC1)c1cn[nH]c1-c1cccc(F)c1. The summed E-state index contributed by atoms with van der Waals surface area (Å²) < 4.78 is 19.9. The van der Waals surface area contributed by atoms with Crippen LogP contribution >= 0.6 is 0 Å². The summed E-state index contributed by atoms with van der Waals surface area (Å²) in [5.74, 6) is 1.37. The van der Waals surface area contributed by atoms with Crippen molar-refractivity contribution in [3.8, 4) is 11.3 Å². The molecule has 2 aliphatic carbocycles. The second-order valence-electron chi connectivity index (χ2n) is 8.71. The quantitative estimate of drug-likeness (QED) is 0.699. The average Bonchev–Trinajstić information content (AvgIpc) is 3.22. The maximum Gasteiger partial charge on any atom is 0.255 e. The number of rotatable bonds is 6. The number of ether oxygens (including phenoxy) is 1. The summed E-state index contributed by atoms with van der Waals surface area (Å²) in [4.78, 5) is 13.1. The van der Waals surface area contributed by atoms with E-state index in [2.05, 4.69) is 20.8 Å². The largest absolute Gasteiger partial charge is 0.376 e. The zero-order valence-corrected chi connectivity index (χ0v) is 16.4. The monoisotopic (exact) mass is 398 g/mol. The van der Waals surface area contributed by atoms with Gasteiger partial charge in [-0.25, -0.2) is 4.39 Å². The minimum atomic E-state index is -0.343. The van der Waals surface area contributed by atoms with Crippen LogP contribution in [0.5, 0.6) is 0 Å². The lowest BCUT2D eigenvalue weighted by molar-refractivity contribution is -0.0211. The van der Waals surface area contributed by atoms with Crippen LogP contribution in [0, 0.1) is 23.6 Å². The number of carbonyl (C=O) groups excluding carboxylic acids is 1. The highest BCUT2D eigenvalue weighted by Crippen LogP contribution is 2.36.